The van der Waals surface area contributed by atoms with Crippen LogP contribution in [0.2, 0.25) is 0 Å². The molecular weight excluding hydrogens is 452 g/mol. The zero-order chi connectivity index (χ0) is 28.6. The molecule has 0 radical (unpaired) electrons. The Balaban J connectivity index is 2.81. The van der Waals surface area contributed by atoms with Crippen molar-refractivity contribution in [1.29, 1.82) is 0 Å². The molecule has 2 heteroatoms. The molecule has 0 aliphatic rings. The van der Waals surface area contributed by atoms with Gasteiger partial charge in [0.15, 0.2) is 0 Å². The van der Waals surface area contributed by atoms with Crippen molar-refractivity contribution in [3.8, 4) is 11.5 Å². The van der Waals surface area contributed by atoms with Gasteiger partial charge in [-0.2, -0.15) is 0 Å². The summed E-state index contributed by atoms with van der Waals surface area (Å²) in [7, 11) is 0. The molecule has 2 aromatic rings. The predicted molar refractivity (Wildman–Crippen MR) is 161 cm³/mol. The summed E-state index contributed by atoms with van der Waals surface area (Å²) in [5, 5.41) is 23.6. The van der Waals surface area contributed by atoms with Crippen molar-refractivity contribution in [2.75, 3.05) is 0 Å². The summed E-state index contributed by atoms with van der Waals surface area (Å²) >= 11 is 0. The van der Waals surface area contributed by atoms with Crippen molar-refractivity contribution < 1.29 is 10.2 Å². The molecule has 0 aromatic heterocycles. The Labute approximate surface area is 228 Å². The van der Waals surface area contributed by atoms with Crippen LogP contribution in [0.5, 0.6) is 11.5 Å². The zero-order valence-corrected chi connectivity index (χ0v) is 26.3. The first kappa shape index (κ1) is 31.3. The molecule has 208 valence electrons. The van der Waals surface area contributed by atoms with Crippen LogP contribution in [0.15, 0.2) is 24.3 Å². The van der Waals surface area contributed by atoms with Gasteiger partial charge >= 0.3 is 0 Å². The number of aryl methyl sites for hydroxylation is 2. The highest BCUT2D eigenvalue weighted by atomic mass is 16.3. The lowest BCUT2D eigenvalue weighted by Crippen LogP contribution is -2.26. The van der Waals surface area contributed by atoms with Gasteiger partial charge in [0, 0.05) is 28.2 Å². The van der Waals surface area contributed by atoms with Gasteiger partial charge in [0.2, 0.25) is 0 Å². The standard InChI is InChI=1S/C35H56O2/c1-14-23-17-26(30(36)28(19-23)34(10,11)21-32(4,5)6)25(16-3)27-18-24(15-2)20-29(31(27)37)35(12,13)22-33(7,8)9/h17-20,25,36-37H,14-16,21-22H2,1-13H3. The lowest BCUT2D eigenvalue weighted by Gasteiger charge is -2.36. The van der Waals surface area contributed by atoms with Gasteiger partial charge in [-0.1, -0.05) is 114 Å². The van der Waals surface area contributed by atoms with Gasteiger partial charge in [-0.15, -0.1) is 0 Å². The lowest BCUT2D eigenvalue weighted by atomic mass is 9.69. The number of hydrogen-bond donors (Lipinski definition) is 2. The molecule has 0 bridgehead atoms. The minimum absolute atomic E-state index is 0.0774. The first-order valence-corrected chi connectivity index (χ1v) is 14.5. The van der Waals surface area contributed by atoms with Crippen LogP contribution in [0.4, 0.5) is 0 Å². The first-order valence-electron chi connectivity index (χ1n) is 14.5. The Morgan fingerprint density at radius 3 is 1.14 bits per heavy atom. The molecule has 0 aliphatic heterocycles. The van der Waals surface area contributed by atoms with Crippen LogP contribution in [0.25, 0.3) is 0 Å². The summed E-state index contributed by atoms with van der Waals surface area (Å²) in [5.74, 6) is 0.719. The quantitative estimate of drug-likeness (QED) is 0.354. The largest absolute Gasteiger partial charge is 0.507 e. The molecule has 37 heavy (non-hydrogen) atoms. The third-order valence-electron chi connectivity index (χ3n) is 7.78. The first-order chi connectivity index (χ1) is 16.8. The van der Waals surface area contributed by atoms with Crippen molar-refractivity contribution in [3.05, 3.63) is 57.6 Å². The maximum atomic E-state index is 11.8. The van der Waals surface area contributed by atoms with Crippen LogP contribution in [0.3, 0.4) is 0 Å². The number of phenolic OH excluding ortho intramolecular Hbond substituents is 2. The Morgan fingerprint density at radius 2 is 0.892 bits per heavy atom. The Kier molecular flexibility index (Phi) is 9.32. The molecule has 0 amide bonds. The molecular formula is C35H56O2. The smallest absolute Gasteiger partial charge is 0.123 e. The van der Waals surface area contributed by atoms with Gasteiger partial charge in [-0.3, -0.25) is 0 Å². The normalized spacial score (nSPS) is 13.5. The van der Waals surface area contributed by atoms with Crippen LogP contribution < -0.4 is 0 Å². The summed E-state index contributed by atoms with van der Waals surface area (Å²) in [5.41, 5.74) is 6.35. The average Bonchev–Trinajstić information content (AvgIpc) is 2.72. The zero-order valence-electron chi connectivity index (χ0n) is 26.3. The van der Waals surface area contributed by atoms with E-state index in [2.05, 4.69) is 114 Å². The molecule has 0 heterocycles. The molecule has 2 rings (SSSR count). The number of rotatable bonds is 9. The summed E-state index contributed by atoms with van der Waals surface area (Å²) in [4.78, 5) is 0. The third-order valence-corrected chi connectivity index (χ3v) is 7.78. The van der Waals surface area contributed by atoms with E-state index in [4.69, 9.17) is 0 Å². The second-order valence-electron chi connectivity index (χ2n) is 15.1. The second-order valence-corrected chi connectivity index (χ2v) is 15.1. The van der Waals surface area contributed by atoms with Crippen LogP contribution in [-0.4, -0.2) is 10.2 Å². The summed E-state index contributed by atoms with van der Waals surface area (Å²) in [6, 6.07) is 8.77. The van der Waals surface area contributed by atoms with E-state index < -0.39 is 0 Å². The molecule has 0 aliphatic carbocycles. The van der Waals surface area contributed by atoms with Gasteiger partial charge in [0.25, 0.3) is 0 Å². The number of aromatic hydroxyl groups is 2. The number of hydrogen-bond acceptors (Lipinski definition) is 2. The Bertz CT molecular complexity index is 988. The van der Waals surface area contributed by atoms with Gasteiger partial charge in [-0.05, 0) is 64.9 Å². The van der Waals surface area contributed by atoms with Crippen LogP contribution in [0, 0.1) is 10.8 Å². The van der Waals surface area contributed by atoms with E-state index in [0.717, 1.165) is 54.4 Å². The number of phenols is 2. The molecule has 0 atom stereocenters. The van der Waals surface area contributed by atoms with Gasteiger partial charge in [0.1, 0.15) is 11.5 Å². The van der Waals surface area contributed by atoms with Crippen molar-refractivity contribution >= 4 is 0 Å². The monoisotopic (exact) mass is 508 g/mol. The van der Waals surface area contributed by atoms with Crippen molar-refractivity contribution in [2.24, 2.45) is 10.8 Å². The van der Waals surface area contributed by atoms with Crippen LogP contribution in [-0.2, 0) is 23.7 Å². The molecule has 2 aromatic carbocycles. The summed E-state index contributed by atoms with van der Waals surface area (Å²) < 4.78 is 0. The molecule has 0 unspecified atom stereocenters. The van der Waals surface area contributed by atoms with Crippen LogP contribution >= 0.6 is 0 Å². The molecule has 0 fully saturated rings. The van der Waals surface area contributed by atoms with E-state index >= 15 is 0 Å². The van der Waals surface area contributed by atoms with E-state index in [1.807, 2.05) is 0 Å². The fourth-order valence-electron chi connectivity index (χ4n) is 6.86. The van der Waals surface area contributed by atoms with Crippen molar-refractivity contribution in [1.82, 2.24) is 0 Å². The second kappa shape index (κ2) is 11.0. The van der Waals surface area contributed by atoms with Crippen molar-refractivity contribution in [2.45, 2.75) is 139 Å². The third kappa shape index (κ3) is 7.55. The van der Waals surface area contributed by atoms with E-state index in [1.54, 1.807) is 0 Å². The van der Waals surface area contributed by atoms with E-state index in [9.17, 15) is 10.2 Å². The molecule has 0 saturated carbocycles. The van der Waals surface area contributed by atoms with Crippen LogP contribution in [0.1, 0.15) is 149 Å². The fourth-order valence-corrected chi connectivity index (χ4v) is 6.86. The van der Waals surface area contributed by atoms with E-state index in [0.29, 0.717) is 11.5 Å². The predicted octanol–water partition coefficient (Wildman–Crippen LogP) is 10.2. The molecule has 0 saturated heterocycles. The highest BCUT2D eigenvalue weighted by Crippen LogP contribution is 2.49. The number of benzene rings is 2. The molecule has 0 spiro atoms. The Hall–Kier alpha value is -1.96. The SMILES string of the molecule is CCc1cc(C(CC)c2cc(CC)cc(C(C)(C)CC(C)(C)C)c2O)c(O)c(C(C)(C)CC(C)(C)C)c1. The minimum Gasteiger partial charge on any atom is -0.507 e. The fraction of sp³-hybridized carbons (Fsp3) is 0.657. The Morgan fingerprint density at radius 1 is 0.568 bits per heavy atom. The van der Waals surface area contributed by atoms with E-state index in [1.165, 1.54) is 11.1 Å². The minimum atomic E-state index is -0.173. The molecule has 2 N–H and O–H groups in total. The van der Waals surface area contributed by atoms with Gasteiger partial charge in [-0.25, -0.2) is 0 Å². The maximum Gasteiger partial charge on any atom is 0.123 e. The highest BCUT2D eigenvalue weighted by molar-refractivity contribution is 5.56. The summed E-state index contributed by atoms with van der Waals surface area (Å²) in [6.07, 6.45) is 4.57. The lowest BCUT2D eigenvalue weighted by molar-refractivity contribution is 0.278. The maximum absolute atomic E-state index is 11.8. The molecule has 2 nitrogen and oxygen atoms in total. The van der Waals surface area contributed by atoms with E-state index in [-0.39, 0.29) is 27.6 Å². The highest BCUT2D eigenvalue weighted by Gasteiger charge is 2.35. The van der Waals surface area contributed by atoms with Gasteiger partial charge in [0.05, 0.1) is 0 Å². The van der Waals surface area contributed by atoms with Crippen molar-refractivity contribution in [3.63, 3.8) is 0 Å². The average molecular weight is 509 g/mol. The summed E-state index contributed by atoms with van der Waals surface area (Å²) in [6.45, 7) is 29.1. The topological polar surface area (TPSA) is 40.5 Å². The van der Waals surface area contributed by atoms with Gasteiger partial charge < -0.3 is 10.2 Å².